The number of ether oxygens (including phenoxy) is 3. The Bertz CT molecular complexity index is 676. The fourth-order valence-corrected chi connectivity index (χ4v) is 5.12. The first kappa shape index (κ1) is 21.7. The van der Waals surface area contributed by atoms with E-state index in [0.29, 0.717) is 17.9 Å². The van der Waals surface area contributed by atoms with E-state index in [1.807, 2.05) is 13.0 Å². The van der Waals surface area contributed by atoms with E-state index in [4.69, 9.17) is 14.2 Å². The zero-order valence-corrected chi connectivity index (χ0v) is 18.6. The van der Waals surface area contributed by atoms with Crippen LogP contribution in [-0.4, -0.2) is 31.9 Å². The van der Waals surface area contributed by atoms with Crippen LogP contribution in [0.3, 0.4) is 0 Å². The first-order chi connectivity index (χ1) is 13.0. The maximum atomic E-state index is 6.79. The van der Waals surface area contributed by atoms with Crippen LogP contribution >= 0.6 is 12.4 Å². The molecule has 1 spiro atoms. The molecule has 5 heteroatoms. The molecule has 1 N–H and O–H groups in total. The van der Waals surface area contributed by atoms with Crippen molar-refractivity contribution in [2.45, 2.75) is 65.1 Å². The molecule has 0 aromatic heterocycles. The number of nitrogens with one attached hydrogen (secondary N) is 1. The predicted molar refractivity (Wildman–Crippen MR) is 115 cm³/mol. The highest BCUT2D eigenvalue weighted by molar-refractivity contribution is 5.85. The van der Waals surface area contributed by atoms with Gasteiger partial charge in [0.05, 0.1) is 19.3 Å². The van der Waals surface area contributed by atoms with E-state index in [9.17, 15) is 0 Å². The molecule has 0 aliphatic carbocycles. The van der Waals surface area contributed by atoms with E-state index in [0.717, 1.165) is 43.5 Å². The molecule has 0 amide bonds. The molecule has 0 unspecified atom stereocenters. The summed E-state index contributed by atoms with van der Waals surface area (Å²) in [5.74, 6) is 2.89. The smallest absolute Gasteiger partial charge is 0.167 e. The van der Waals surface area contributed by atoms with Crippen molar-refractivity contribution >= 4 is 12.4 Å². The summed E-state index contributed by atoms with van der Waals surface area (Å²) in [5.41, 5.74) is 1.27. The van der Waals surface area contributed by atoms with E-state index >= 15 is 0 Å². The summed E-state index contributed by atoms with van der Waals surface area (Å²) in [7, 11) is 0. The van der Waals surface area contributed by atoms with Crippen LogP contribution in [0.15, 0.2) is 18.2 Å². The Morgan fingerprint density at radius 2 is 2.07 bits per heavy atom. The number of hydrogen-bond donors (Lipinski definition) is 1. The van der Waals surface area contributed by atoms with Gasteiger partial charge in [-0.2, -0.15) is 0 Å². The highest BCUT2D eigenvalue weighted by atomic mass is 35.5. The lowest BCUT2D eigenvalue weighted by Gasteiger charge is -2.56. The summed E-state index contributed by atoms with van der Waals surface area (Å²) in [6.07, 6.45) is 4.79. The Balaban J connectivity index is 0.00000225. The zero-order chi connectivity index (χ0) is 19.1. The van der Waals surface area contributed by atoms with E-state index in [1.54, 1.807) is 0 Å². The highest BCUT2D eigenvalue weighted by Gasteiger charge is 2.55. The second kappa shape index (κ2) is 8.41. The third-order valence-electron chi connectivity index (χ3n) is 6.78. The van der Waals surface area contributed by atoms with Gasteiger partial charge < -0.3 is 19.5 Å². The second-order valence-electron chi connectivity index (χ2n) is 9.45. The number of rotatable bonds is 6. The van der Waals surface area contributed by atoms with Crippen LogP contribution in [0, 0.1) is 17.3 Å². The van der Waals surface area contributed by atoms with E-state index in [-0.39, 0.29) is 24.1 Å². The van der Waals surface area contributed by atoms with Gasteiger partial charge in [0.2, 0.25) is 0 Å². The van der Waals surface area contributed by atoms with Gasteiger partial charge in [-0.1, -0.05) is 32.4 Å². The molecule has 3 atom stereocenters. The SMILES string of the molecule is CCOc1cccc2c1O[C@@](C)(CCCC(C)C)[C@H]1CC3(CNC3)CO[C@H]21.Cl. The van der Waals surface area contributed by atoms with E-state index in [1.165, 1.54) is 24.8 Å². The molecular weight excluding hydrogens is 374 g/mol. The average molecular weight is 410 g/mol. The summed E-state index contributed by atoms with van der Waals surface area (Å²) in [6.45, 7) is 12.6. The molecule has 0 bridgehead atoms. The topological polar surface area (TPSA) is 39.7 Å². The van der Waals surface area contributed by atoms with Crippen molar-refractivity contribution < 1.29 is 14.2 Å². The average Bonchev–Trinajstić information content (AvgIpc) is 2.61. The molecule has 3 aliphatic heterocycles. The normalized spacial score (nSPS) is 29.9. The Kier molecular flexibility index (Phi) is 6.53. The van der Waals surface area contributed by atoms with Crippen LogP contribution in [0.1, 0.15) is 65.0 Å². The minimum absolute atomic E-state index is 0. The van der Waals surface area contributed by atoms with Crippen molar-refractivity contribution in [1.29, 1.82) is 0 Å². The van der Waals surface area contributed by atoms with E-state index < -0.39 is 0 Å². The molecule has 2 saturated heterocycles. The fourth-order valence-electron chi connectivity index (χ4n) is 5.12. The summed E-state index contributed by atoms with van der Waals surface area (Å²) in [4.78, 5) is 0. The molecule has 0 saturated carbocycles. The van der Waals surface area contributed by atoms with Crippen molar-refractivity contribution in [2.75, 3.05) is 26.3 Å². The molecule has 3 aliphatic rings. The Labute approximate surface area is 176 Å². The van der Waals surface area contributed by atoms with Crippen molar-refractivity contribution in [3.63, 3.8) is 0 Å². The van der Waals surface area contributed by atoms with Crippen LogP contribution in [0.5, 0.6) is 11.5 Å². The predicted octanol–water partition coefficient (Wildman–Crippen LogP) is 5.15. The second-order valence-corrected chi connectivity index (χ2v) is 9.45. The first-order valence-electron chi connectivity index (χ1n) is 10.7. The van der Waals surface area contributed by atoms with Crippen molar-refractivity contribution in [1.82, 2.24) is 5.32 Å². The molecule has 3 heterocycles. The Morgan fingerprint density at radius 3 is 2.71 bits per heavy atom. The van der Waals surface area contributed by atoms with Crippen LogP contribution in [0.2, 0.25) is 0 Å². The van der Waals surface area contributed by atoms with Crippen LogP contribution < -0.4 is 14.8 Å². The number of hydrogen-bond acceptors (Lipinski definition) is 4. The van der Waals surface area contributed by atoms with Gasteiger partial charge in [-0.25, -0.2) is 0 Å². The third-order valence-corrected chi connectivity index (χ3v) is 6.78. The van der Waals surface area contributed by atoms with Gasteiger partial charge in [0, 0.05) is 30.0 Å². The van der Waals surface area contributed by atoms with Crippen LogP contribution in [-0.2, 0) is 4.74 Å². The number of benzene rings is 1. The molecular formula is C23H36ClNO3. The number of fused-ring (bicyclic) bond motifs is 3. The summed E-state index contributed by atoms with van der Waals surface area (Å²) in [6, 6.07) is 6.27. The summed E-state index contributed by atoms with van der Waals surface area (Å²) < 4.78 is 19.2. The molecule has 1 aromatic carbocycles. The van der Waals surface area contributed by atoms with Gasteiger partial charge >= 0.3 is 0 Å². The number of halogens is 1. The van der Waals surface area contributed by atoms with Gasteiger partial charge in [0.1, 0.15) is 5.60 Å². The molecule has 0 radical (unpaired) electrons. The maximum Gasteiger partial charge on any atom is 0.167 e. The first-order valence-corrected chi connectivity index (χ1v) is 10.7. The van der Waals surface area contributed by atoms with Gasteiger partial charge in [-0.05, 0) is 45.1 Å². The Morgan fingerprint density at radius 1 is 1.29 bits per heavy atom. The maximum absolute atomic E-state index is 6.79. The Hall–Kier alpha value is -0.970. The third kappa shape index (κ3) is 3.88. The molecule has 2 fully saturated rings. The van der Waals surface area contributed by atoms with Crippen molar-refractivity contribution in [3.05, 3.63) is 23.8 Å². The van der Waals surface area contributed by atoms with Gasteiger partial charge in [-0.15, -0.1) is 12.4 Å². The minimum atomic E-state index is -0.206. The van der Waals surface area contributed by atoms with Crippen LogP contribution in [0.25, 0.3) is 0 Å². The van der Waals surface area contributed by atoms with Crippen molar-refractivity contribution in [2.24, 2.45) is 17.3 Å². The summed E-state index contributed by atoms with van der Waals surface area (Å²) >= 11 is 0. The fraction of sp³-hybridized carbons (Fsp3) is 0.739. The van der Waals surface area contributed by atoms with Gasteiger partial charge in [0.25, 0.3) is 0 Å². The zero-order valence-electron chi connectivity index (χ0n) is 17.8. The highest BCUT2D eigenvalue weighted by Crippen LogP contribution is 2.57. The van der Waals surface area contributed by atoms with E-state index in [2.05, 4.69) is 38.2 Å². The minimum Gasteiger partial charge on any atom is -0.490 e. The molecule has 1 aromatic rings. The standard InChI is InChI=1S/C23H35NO3.ClH/c1-5-25-19-10-6-9-17-20-18(12-23(15-26-20)13-24-14-23)22(4,27-21(17)19)11-7-8-16(2)3;/h6,9-10,16,18,20,24H,5,7-8,11-15H2,1-4H3;1H/t18-,20+,22-;/m0./s1. The molecule has 4 nitrogen and oxygen atoms in total. The lowest BCUT2D eigenvalue weighted by atomic mass is 9.64. The van der Waals surface area contributed by atoms with Crippen molar-refractivity contribution in [3.8, 4) is 11.5 Å². The monoisotopic (exact) mass is 409 g/mol. The van der Waals surface area contributed by atoms with Gasteiger partial charge in [-0.3, -0.25) is 0 Å². The quantitative estimate of drug-likeness (QED) is 0.705. The largest absolute Gasteiger partial charge is 0.490 e. The summed E-state index contributed by atoms with van der Waals surface area (Å²) in [5, 5.41) is 3.46. The lowest BCUT2D eigenvalue weighted by molar-refractivity contribution is -0.181. The molecule has 158 valence electrons. The number of para-hydroxylation sites is 1. The van der Waals surface area contributed by atoms with Crippen LogP contribution in [0.4, 0.5) is 0 Å². The lowest BCUT2D eigenvalue weighted by Crippen LogP contribution is -2.63. The molecule has 4 rings (SSSR count). The van der Waals surface area contributed by atoms with Gasteiger partial charge in [0.15, 0.2) is 11.5 Å². The molecule has 28 heavy (non-hydrogen) atoms.